The second-order valence-electron chi connectivity index (χ2n) is 8.04. The molecule has 1 saturated heterocycles. The SMILES string of the molecule is Cc1c(C(=O)NCc2ccc(CN3CCC(O)CC3)cc2)cnn1-c1cccc(Cl)c1. The second-order valence-corrected chi connectivity index (χ2v) is 8.48. The number of nitrogens with one attached hydrogen (secondary N) is 1. The Bertz CT molecular complexity index is 1040. The maximum absolute atomic E-state index is 12.7. The van der Waals surface area contributed by atoms with Gasteiger partial charge in [0.2, 0.25) is 0 Å². The van der Waals surface area contributed by atoms with Crippen LogP contribution in [0.25, 0.3) is 5.69 Å². The molecule has 1 aliphatic heterocycles. The Kier molecular flexibility index (Phi) is 6.70. The molecule has 1 aromatic heterocycles. The molecule has 0 atom stereocenters. The van der Waals surface area contributed by atoms with Crippen molar-refractivity contribution in [1.82, 2.24) is 20.0 Å². The van der Waals surface area contributed by atoms with Crippen molar-refractivity contribution >= 4 is 17.5 Å². The molecule has 2 aromatic carbocycles. The number of likely N-dealkylation sites (tertiary alicyclic amines) is 1. The molecule has 0 bridgehead atoms. The van der Waals surface area contributed by atoms with Gasteiger partial charge >= 0.3 is 0 Å². The zero-order valence-electron chi connectivity index (χ0n) is 17.6. The van der Waals surface area contributed by atoms with Crippen LogP contribution in [0.3, 0.4) is 0 Å². The number of nitrogens with zero attached hydrogens (tertiary/aromatic N) is 3. The van der Waals surface area contributed by atoms with Crippen LogP contribution < -0.4 is 5.32 Å². The molecule has 1 amide bonds. The number of rotatable bonds is 6. The predicted octanol–water partition coefficient (Wildman–Crippen LogP) is 3.72. The summed E-state index contributed by atoms with van der Waals surface area (Å²) >= 11 is 6.07. The summed E-state index contributed by atoms with van der Waals surface area (Å²) in [5.74, 6) is -0.151. The number of amides is 1. The van der Waals surface area contributed by atoms with Gasteiger partial charge in [-0.2, -0.15) is 5.10 Å². The minimum absolute atomic E-state index is 0.150. The lowest BCUT2D eigenvalue weighted by molar-refractivity contribution is 0.0792. The highest BCUT2D eigenvalue weighted by molar-refractivity contribution is 6.30. The number of hydrogen-bond acceptors (Lipinski definition) is 4. The normalized spacial score (nSPS) is 15.2. The van der Waals surface area contributed by atoms with Crippen LogP contribution in [-0.2, 0) is 13.1 Å². The van der Waals surface area contributed by atoms with E-state index in [0.29, 0.717) is 17.1 Å². The largest absolute Gasteiger partial charge is 0.393 e. The fraction of sp³-hybridized carbons (Fsp3) is 0.333. The zero-order chi connectivity index (χ0) is 21.8. The lowest BCUT2D eigenvalue weighted by Gasteiger charge is -2.29. The van der Waals surface area contributed by atoms with E-state index in [1.807, 2.05) is 25.1 Å². The molecule has 0 saturated carbocycles. The number of aliphatic hydroxyl groups is 1. The number of aliphatic hydroxyl groups excluding tert-OH is 1. The van der Waals surface area contributed by atoms with Crippen molar-refractivity contribution in [3.63, 3.8) is 0 Å². The quantitative estimate of drug-likeness (QED) is 0.615. The van der Waals surface area contributed by atoms with Crippen LogP contribution in [0.15, 0.2) is 54.7 Å². The van der Waals surface area contributed by atoms with Crippen LogP contribution in [0.4, 0.5) is 0 Å². The molecule has 6 nitrogen and oxygen atoms in total. The van der Waals surface area contributed by atoms with Crippen LogP contribution >= 0.6 is 11.6 Å². The van der Waals surface area contributed by atoms with Gasteiger partial charge in [0.05, 0.1) is 29.2 Å². The molecule has 162 valence electrons. The number of aromatic nitrogens is 2. The summed E-state index contributed by atoms with van der Waals surface area (Å²) in [4.78, 5) is 15.1. The van der Waals surface area contributed by atoms with Gasteiger partial charge < -0.3 is 10.4 Å². The molecule has 2 heterocycles. The van der Waals surface area contributed by atoms with Crippen molar-refractivity contribution in [3.8, 4) is 5.69 Å². The lowest BCUT2D eigenvalue weighted by Crippen LogP contribution is -2.35. The van der Waals surface area contributed by atoms with E-state index in [4.69, 9.17) is 11.6 Å². The van der Waals surface area contributed by atoms with E-state index in [9.17, 15) is 9.90 Å². The highest BCUT2D eigenvalue weighted by atomic mass is 35.5. The average Bonchev–Trinajstić information content (AvgIpc) is 3.16. The summed E-state index contributed by atoms with van der Waals surface area (Å²) in [7, 11) is 0. The Hall–Kier alpha value is -2.67. The fourth-order valence-electron chi connectivity index (χ4n) is 3.88. The van der Waals surface area contributed by atoms with Gasteiger partial charge in [-0.05, 0) is 49.1 Å². The molecule has 3 aromatic rings. The van der Waals surface area contributed by atoms with E-state index in [2.05, 4.69) is 39.6 Å². The van der Waals surface area contributed by atoms with Crippen LogP contribution in [0, 0.1) is 6.92 Å². The van der Waals surface area contributed by atoms with Crippen molar-refractivity contribution in [2.45, 2.75) is 39.0 Å². The van der Waals surface area contributed by atoms with Gasteiger partial charge in [-0.25, -0.2) is 4.68 Å². The molecule has 31 heavy (non-hydrogen) atoms. The molecular weight excluding hydrogens is 412 g/mol. The lowest BCUT2D eigenvalue weighted by atomic mass is 10.1. The molecule has 1 fully saturated rings. The Balaban J connectivity index is 1.34. The maximum Gasteiger partial charge on any atom is 0.255 e. The third-order valence-electron chi connectivity index (χ3n) is 5.75. The van der Waals surface area contributed by atoms with Crippen LogP contribution in [0.1, 0.15) is 40.0 Å². The molecule has 0 unspecified atom stereocenters. The van der Waals surface area contributed by atoms with Crippen molar-refractivity contribution in [2.24, 2.45) is 0 Å². The zero-order valence-corrected chi connectivity index (χ0v) is 18.3. The van der Waals surface area contributed by atoms with E-state index >= 15 is 0 Å². The van der Waals surface area contributed by atoms with E-state index < -0.39 is 0 Å². The Morgan fingerprint density at radius 1 is 1.16 bits per heavy atom. The number of benzene rings is 2. The smallest absolute Gasteiger partial charge is 0.255 e. The predicted molar refractivity (Wildman–Crippen MR) is 121 cm³/mol. The molecular formula is C24H27ClN4O2. The van der Waals surface area contributed by atoms with Crippen LogP contribution in [-0.4, -0.2) is 44.9 Å². The summed E-state index contributed by atoms with van der Waals surface area (Å²) in [6.45, 7) is 5.08. The molecule has 2 N–H and O–H groups in total. The first-order chi connectivity index (χ1) is 15.0. The highest BCUT2D eigenvalue weighted by Gasteiger charge is 2.17. The topological polar surface area (TPSA) is 70.4 Å². The number of halogens is 1. The number of piperidine rings is 1. The van der Waals surface area contributed by atoms with Gasteiger partial charge in [-0.1, -0.05) is 41.9 Å². The maximum atomic E-state index is 12.7. The van der Waals surface area contributed by atoms with Gasteiger partial charge in [0, 0.05) is 31.2 Å². The molecule has 4 rings (SSSR count). The van der Waals surface area contributed by atoms with Gasteiger partial charge in [-0.3, -0.25) is 9.69 Å². The molecule has 0 spiro atoms. The number of hydrogen-bond donors (Lipinski definition) is 2. The van der Waals surface area contributed by atoms with Gasteiger partial charge in [0.1, 0.15) is 0 Å². The summed E-state index contributed by atoms with van der Waals surface area (Å²) in [5.41, 5.74) is 4.42. The summed E-state index contributed by atoms with van der Waals surface area (Å²) in [6, 6.07) is 15.7. The number of carbonyl (C=O) groups is 1. The van der Waals surface area contributed by atoms with Crippen molar-refractivity contribution in [2.75, 3.05) is 13.1 Å². The first-order valence-electron chi connectivity index (χ1n) is 10.6. The van der Waals surface area contributed by atoms with E-state index in [0.717, 1.165) is 49.4 Å². The Labute approximate surface area is 187 Å². The number of carbonyl (C=O) groups excluding carboxylic acids is 1. The van der Waals surface area contributed by atoms with Gasteiger partial charge in [-0.15, -0.1) is 0 Å². The van der Waals surface area contributed by atoms with Crippen molar-refractivity contribution in [3.05, 3.63) is 82.1 Å². The first-order valence-corrected chi connectivity index (χ1v) is 10.9. The highest BCUT2D eigenvalue weighted by Crippen LogP contribution is 2.18. The first kappa shape index (κ1) is 21.6. The van der Waals surface area contributed by atoms with E-state index in [-0.39, 0.29) is 12.0 Å². The Morgan fingerprint density at radius 2 is 1.87 bits per heavy atom. The Morgan fingerprint density at radius 3 is 2.58 bits per heavy atom. The third-order valence-corrected chi connectivity index (χ3v) is 5.98. The van der Waals surface area contributed by atoms with Crippen molar-refractivity contribution in [1.29, 1.82) is 0 Å². The standard InChI is InChI=1S/C24H27ClN4O2/c1-17-23(15-27-29(17)21-4-2-3-20(25)13-21)24(31)26-14-18-5-7-19(8-6-18)16-28-11-9-22(30)10-12-28/h2-8,13,15,22,30H,9-12,14,16H2,1H3,(H,26,31). The monoisotopic (exact) mass is 438 g/mol. The fourth-order valence-corrected chi connectivity index (χ4v) is 4.06. The van der Waals surface area contributed by atoms with E-state index in [1.54, 1.807) is 16.9 Å². The summed E-state index contributed by atoms with van der Waals surface area (Å²) in [6.07, 6.45) is 3.13. The minimum atomic E-state index is -0.151. The molecule has 0 radical (unpaired) electrons. The second kappa shape index (κ2) is 9.64. The average molecular weight is 439 g/mol. The summed E-state index contributed by atoms with van der Waals surface area (Å²) < 4.78 is 1.72. The van der Waals surface area contributed by atoms with E-state index in [1.165, 1.54) is 5.56 Å². The van der Waals surface area contributed by atoms with Crippen molar-refractivity contribution < 1.29 is 9.90 Å². The summed E-state index contributed by atoms with van der Waals surface area (Å²) in [5, 5.41) is 17.6. The van der Waals surface area contributed by atoms with Gasteiger partial charge in [0.25, 0.3) is 5.91 Å². The van der Waals surface area contributed by atoms with Crippen LogP contribution in [0.5, 0.6) is 0 Å². The van der Waals surface area contributed by atoms with Gasteiger partial charge in [0.15, 0.2) is 0 Å². The minimum Gasteiger partial charge on any atom is -0.393 e. The molecule has 1 aliphatic rings. The third kappa shape index (κ3) is 5.34. The molecule has 7 heteroatoms. The van der Waals surface area contributed by atoms with Crippen LogP contribution in [0.2, 0.25) is 5.02 Å². The molecule has 0 aliphatic carbocycles.